The average molecular weight is 167 g/mol. The summed E-state index contributed by atoms with van der Waals surface area (Å²) in [6.07, 6.45) is 1.72. The Hall–Kier alpha value is -1.17. The molecule has 0 unspecified atom stereocenters. The van der Waals surface area contributed by atoms with Crippen LogP contribution in [0.1, 0.15) is 26.7 Å². The van der Waals surface area contributed by atoms with E-state index in [2.05, 4.69) is 17.2 Å². The van der Waals surface area contributed by atoms with Gasteiger partial charge in [0.2, 0.25) is 0 Å². The van der Waals surface area contributed by atoms with E-state index in [4.69, 9.17) is 4.74 Å². The van der Waals surface area contributed by atoms with Crippen LogP contribution in [0.15, 0.2) is 0 Å². The van der Waals surface area contributed by atoms with Gasteiger partial charge in [-0.3, -0.25) is 0 Å². The van der Waals surface area contributed by atoms with E-state index in [1.165, 1.54) is 0 Å². The third-order valence-electron chi connectivity index (χ3n) is 1.86. The van der Waals surface area contributed by atoms with Gasteiger partial charge >= 0.3 is 6.09 Å². The molecule has 12 heavy (non-hydrogen) atoms. The molecule has 1 aliphatic rings. The molecule has 1 aliphatic carbocycles. The first kappa shape index (κ1) is 8.92. The molecule has 0 spiro atoms. The first-order valence-corrected chi connectivity index (χ1v) is 4.01. The Balaban J connectivity index is 2.14. The van der Waals surface area contributed by atoms with Crippen molar-refractivity contribution >= 4 is 6.09 Å². The van der Waals surface area contributed by atoms with Crippen LogP contribution in [0.5, 0.6) is 0 Å². The van der Waals surface area contributed by atoms with E-state index < -0.39 is 0 Å². The lowest BCUT2D eigenvalue weighted by atomic mass is 10.3. The van der Waals surface area contributed by atoms with E-state index in [-0.39, 0.29) is 18.2 Å². The van der Waals surface area contributed by atoms with E-state index in [1.54, 1.807) is 6.92 Å². The summed E-state index contributed by atoms with van der Waals surface area (Å²) in [6, 6.07) is 0. The molecule has 1 amide bonds. The molecule has 1 saturated carbocycles. The highest BCUT2D eigenvalue weighted by atomic mass is 16.5. The lowest BCUT2D eigenvalue weighted by Gasteiger charge is -2.09. The Labute approximate surface area is 72.5 Å². The Kier molecular flexibility index (Phi) is 2.59. The number of ether oxygens (including phenoxy) is 1. The zero-order chi connectivity index (χ0) is 9.03. The highest BCUT2D eigenvalue weighted by Crippen LogP contribution is 2.34. The molecule has 3 heteroatoms. The molecule has 0 saturated heterocycles. The fourth-order valence-corrected chi connectivity index (χ4v) is 0.769. The minimum absolute atomic E-state index is 0.00325. The molecule has 1 rings (SSSR count). The van der Waals surface area contributed by atoms with Gasteiger partial charge in [-0.05, 0) is 26.7 Å². The normalized spacial score (nSPS) is 17.2. The van der Waals surface area contributed by atoms with Gasteiger partial charge in [-0.1, -0.05) is 5.92 Å². The molecule has 1 fully saturated rings. The summed E-state index contributed by atoms with van der Waals surface area (Å²) in [4.78, 5) is 11.0. The van der Waals surface area contributed by atoms with Gasteiger partial charge in [-0.25, -0.2) is 4.79 Å². The van der Waals surface area contributed by atoms with Crippen molar-refractivity contribution in [3.05, 3.63) is 0 Å². The van der Waals surface area contributed by atoms with Crippen LogP contribution in [0.25, 0.3) is 0 Å². The molecule has 0 atom stereocenters. The van der Waals surface area contributed by atoms with Gasteiger partial charge in [0.25, 0.3) is 0 Å². The molecular weight excluding hydrogens is 154 g/mol. The first-order chi connectivity index (χ1) is 5.66. The molecule has 0 radical (unpaired) electrons. The molecule has 0 bridgehead atoms. The molecule has 1 N–H and O–H groups in total. The van der Waals surface area contributed by atoms with Gasteiger partial charge in [0.05, 0.1) is 0 Å². The molecule has 66 valence electrons. The van der Waals surface area contributed by atoms with E-state index in [0.717, 1.165) is 12.8 Å². The number of carbonyl (C=O) groups is 1. The maximum atomic E-state index is 11.0. The second-order valence-electron chi connectivity index (χ2n) is 3.19. The molecular formula is C9H13NO2. The Bertz CT molecular complexity index is 233. The highest BCUT2D eigenvalue weighted by molar-refractivity contribution is 5.69. The van der Waals surface area contributed by atoms with Gasteiger partial charge < -0.3 is 10.1 Å². The van der Waals surface area contributed by atoms with E-state index in [1.807, 2.05) is 6.92 Å². The Morgan fingerprint density at radius 1 is 1.67 bits per heavy atom. The minimum Gasteiger partial charge on any atom is -0.436 e. The largest absolute Gasteiger partial charge is 0.436 e. The minimum atomic E-state index is -0.363. The van der Waals surface area contributed by atoms with Crippen LogP contribution in [0.2, 0.25) is 0 Å². The van der Waals surface area contributed by atoms with Crippen molar-refractivity contribution in [2.75, 3.05) is 6.61 Å². The number of hydrogen-bond acceptors (Lipinski definition) is 2. The number of rotatable bonds is 2. The summed E-state index contributed by atoms with van der Waals surface area (Å²) in [5, 5.41) is 2.76. The first-order valence-electron chi connectivity index (χ1n) is 4.01. The lowest BCUT2D eigenvalue weighted by Crippen LogP contribution is -2.34. The Morgan fingerprint density at radius 3 is 2.83 bits per heavy atom. The van der Waals surface area contributed by atoms with E-state index in [0.29, 0.717) is 0 Å². The van der Waals surface area contributed by atoms with Crippen LogP contribution < -0.4 is 5.32 Å². The fourth-order valence-electron chi connectivity index (χ4n) is 0.769. The molecule has 0 aliphatic heterocycles. The monoisotopic (exact) mass is 167 g/mol. The lowest BCUT2D eigenvalue weighted by molar-refractivity contribution is 0.155. The maximum absolute atomic E-state index is 11.0. The smallest absolute Gasteiger partial charge is 0.408 e. The van der Waals surface area contributed by atoms with Crippen LogP contribution in [0.3, 0.4) is 0 Å². The Morgan fingerprint density at radius 2 is 2.33 bits per heavy atom. The second-order valence-corrected chi connectivity index (χ2v) is 3.19. The van der Waals surface area contributed by atoms with Gasteiger partial charge in [0.1, 0.15) is 0 Å². The molecule has 0 aromatic heterocycles. The highest BCUT2D eigenvalue weighted by Gasteiger charge is 2.39. The molecule has 0 heterocycles. The number of carbonyl (C=O) groups excluding carboxylic acids is 1. The van der Waals surface area contributed by atoms with Crippen molar-refractivity contribution in [3.63, 3.8) is 0 Å². The quantitative estimate of drug-likeness (QED) is 0.629. The predicted octanol–water partition coefficient (Wildman–Crippen LogP) is 1.29. The molecule has 0 aromatic carbocycles. The summed E-state index contributed by atoms with van der Waals surface area (Å²) in [7, 11) is 0. The predicted molar refractivity (Wildman–Crippen MR) is 45.6 cm³/mol. The third-order valence-corrected chi connectivity index (χ3v) is 1.86. The zero-order valence-corrected chi connectivity index (χ0v) is 7.44. The van der Waals surface area contributed by atoms with Crippen LogP contribution >= 0.6 is 0 Å². The standard InChI is InChI=1S/C9H13NO2/c1-3-4-7-12-8(11)10-9(2)5-6-9/h5-7H2,1-2H3,(H,10,11). The summed E-state index contributed by atoms with van der Waals surface area (Å²) in [6.45, 7) is 3.89. The number of amides is 1. The van der Waals surface area contributed by atoms with Crippen molar-refractivity contribution in [3.8, 4) is 11.8 Å². The fraction of sp³-hybridized carbons (Fsp3) is 0.667. The van der Waals surface area contributed by atoms with E-state index >= 15 is 0 Å². The summed E-state index contributed by atoms with van der Waals surface area (Å²) in [5.74, 6) is 5.30. The SMILES string of the molecule is CC#CCOC(=O)NC1(C)CC1. The maximum Gasteiger partial charge on any atom is 0.408 e. The average Bonchev–Trinajstić information content (AvgIpc) is 2.68. The van der Waals surface area contributed by atoms with Crippen LogP contribution in [0.4, 0.5) is 4.79 Å². The summed E-state index contributed by atoms with van der Waals surface area (Å²) >= 11 is 0. The zero-order valence-electron chi connectivity index (χ0n) is 7.44. The number of alkyl carbamates (subject to hydrolysis) is 1. The van der Waals surface area contributed by atoms with Crippen molar-refractivity contribution < 1.29 is 9.53 Å². The third kappa shape index (κ3) is 2.83. The second kappa shape index (κ2) is 3.48. The molecule has 0 aromatic rings. The number of nitrogens with one attached hydrogen (secondary N) is 1. The van der Waals surface area contributed by atoms with Crippen LogP contribution in [0, 0.1) is 11.8 Å². The summed E-state index contributed by atoms with van der Waals surface area (Å²) < 4.78 is 4.77. The summed E-state index contributed by atoms with van der Waals surface area (Å²) in [5.41, 5.74) is -0.00325. The van der Waals surface area contributed by atoms with Gasteiger partial charge in [-0.2, -0.15) is 0 Å². The van der Waals surface area contributed by atoms with Crippen LogP contribution in [-0.4, -0.2) is 18.2 Å². The molecule has 3 nitrogen and oxygen atoms in total. The number of hydrogen-bond donors (Lipinski definition) is 1. The van der Waals surface area contributed by atoms with Gasteiger partial charge in [-0.15, -0.1) is 5.92 Å². The topological polar surface area (TPSA) is 38.3 Å². The van der Waals surface area contributed by atoms with Crippen molar-refractivity contribution in [1.82, 2.24) is 5.32 Å². The van der Waals surface area contributed by atoms with Crippen molar-refractivity contribution in [1.29, 1.82) is 0 Å². The van der Waals surface area contributed by atoms with Gasteiger partial charge in [0, 0.05) is 5.54 Å². The van der Waals surface area contributed by atoms with Crippen LogP contribution in [-0.2, 0) is 4.74 Å². The van der Waals surface area contributed by atoms with Crippen molar-refractivity contribution in [2.45, 2.75) is 32.2 Å². The van der Waals surface area contributed by atoms with Gasteiger partial charge in [0.15, 0.2) is 6.61 Å². The van der Waals surface area contributed by atoms with Crippen molar-refractivity contribution in [2.24, 2.45) is 0 Å². The van der Waals surface area contributed by atoms with E-state index in [9.17, 15) is 4.79 Å².